The number of aromatic amines is 1. The van der Waals surface area contributed by atoms with Crippen molar-refractivity contribution < 1.29 is 4.74 Å². The van der Waals surface area contributed by atoms with Gasteiger partial charge in [0.05, 0.1) is 12.8 Å². The van der Waals surface area contributed by atoms with E-state index < -0.39 is 0 Å². The van der Waals surface area contributed by atoms with E-state index in [2.05, 4.69) is 62.0 Å². The number of imidazole rings is 1. The third kappa shape index (κ3) is 4.86. The molecular formula is C27H36N6OS. The number of hydrogen-bond donors (Lipinski definition) is 1. The number of ether oxygens (including phenoxy) is 1. The van der Waals surface area contributed by atoms with Crippen LogP contribution in [0.2, 0.25) is 0 Å². The Bertz CT molecular complexity index is 1300. The van der Waals surface area contributed by atoms with Gasteiger partial charge in [-0.3, -0.25) is 5.10 Å². The van der Waals surface area contributed by atoms with E-state index in [1.54, 1.807) is 24.6 Å². The predicted octanol–water partition coefficient (Wildman–Crippen LogP) is 6.21. The summed E-state index contributed by atoms with van der Waals surface area (Å²) in [5.41, 5.74) is 5.34. The van der Waals surface area contributed by atoms with Crippen molar-refractivity contribution in [3.63, 3.8) is 0 Å². The van der Waals surface area contributed by atoms with Crippen LogP contribution < -0.4 is 4.74 Å². The van der Waals surface area contributed by atoms with E-state index in [-0.39, 0.29) is 5.92 Å². The third-order valence-electron chi connectivity index (χ3n) is 6.76. The van der Waals surface area contributed by atoms with Gasteiger partial charge in [-0.05, 0) is 49.2 Å². The SMILES string of the molecule is COc1cc(-c2[nH]nc(-c3ncc(C4CCN(CC(C)(C)C)CC4)s3)c2C(C)C)cn2ccnc12. The summed E-state index contributed by atoms with van der Waals surface area (Å²) in [4.78, 5) is 13.2. The number of H-pyrrole nitrogens is 1. The van der Waals surface area contributed by atoms with Gasteiger partial charge in [0, 0.05) is 47.3 Å². The van der Waals surface area contributed by atoms with E-state index >= 15 is 0 Å². The normalized spacial score (nSPS) is 16.0. The molecule has 1 fully saturated rings. The largest absolute Gasteiger partial charge is 0.493 e. The van der Waals surface area contributed by atoms with Gasteiger partial charge in [-0.1, -0.05) is 34.6 Å². The molecule has 0 bridgehead atoms. The first-order valence-corrected chi connectivity index (χ1v) is 13.3. The zero-order chi connectivity index (χ0) is 24.7. The second-order valence-corrected chi connectivity index (χ2v) is 12.2. The quantitative estimate of drug-likeness (QED) is 0.347. The lowest BCUT2D eigenvalue weighted by Gasteiger charge is -2.35. The van der Waals surface area contributed by atoms with Gasteiger partial charge in [-0.2, -0.15) is 5.10 Å². The van der Waals surface area contributed by atoms with Gasteiger partial charge in [-0.15, -0.1) is 11.3 Å². The van der Waals surface area contributed by atoms with Crippen molar-refractivity contribution in [3.05, 3.63) is 41.3 Å². The molecule has 7 nitrogen and oxygen atoms in total. The molecule has 35 heavy (non-hydrogen) atoms. The first-order chi connectivity index (χ1) is 16.7. The maximum atomic E-state index is 5.61. The van der Waals surface area contributed by atoms with Crippen LogP contribution in [0, 0.1) is 5.41 Å². The Balaban J connectivity index is 1.42. The molecular weight excluding hydrogens is 456 g/mol. The number of aromatic nitrogens is 5. The number of rotatable bonds is 6. The molecule has 0 aromatic carbocycles. The summed E-state index contributed by atoms with van der Waals surface area (Å²) < 4.78 is 7.61. The van der Waals surface area contributed by atoms with Crippen molar-refractivity contribution in [2.24, 2.45) is 5.41 Å². The van der Waals surface area contributed by atoms with Crippen LogP contribution in [0.4, 0.5) is 0 Å². The average molecular weight is 493 g/mol. The van der Waals surface area contributed by atoms with Crippen LogP contribution in [0.15, 0.2) is 30.9 Å². The van der Waals surface area contributed by atoms with Crippen LogP contribution in [0.1, 0.15) is 69.7 Å². The maximum Gasteiger partial charge on any atom is 0.179 e. The second kappa shape index (κ2) is 9.39. The van der Waals surface area contributed by atoms with Crippen molar-refractivity contribution in [1.29, 1.82) is 0 Å². The Morgan fingerprint density at radius 3 is 2.66 bits per heavy atom. The Kier molecular flexibility index (Phi) is 6.44. The summed E-state index contributed by atoms with van der Waals surface area (Å²) in [5.74, 6) is 1.62. The molecule has 0 radical (unpaired) electrons. The monoisotopic (exact) mass is 492 g/mol. The van der Waals surface area contributed by atoms with Crippen molar-refractivity contribution in [3.8, 4) is 27.7 Å². The van der Waals surface area contributed by atoms with E-state index in [1.165, 1.54) is 23.3 Å². The lowest BCUT2D eigenvalue weighted by atomic mass is 9.91. The highest BCUT2D eigenvalue weighted by molar-refractivity contribution is 7.15. The van der Waals surface area contributed by atoms with Crippen LogP contribution in [-0.2, 0) is 0 Å². The Morgan fingerprint density at radius 1 is 1.20 bits per heavy atom. The summed E-state index contributed by atoms with van der Waals surface area (Å²) in [6.07, 6.45) is 10.3. The number of pyridine rings is 1. The van der Waals surface area contributed by atoms with E-state index in [9.17, 15) is 0 Å². The van der Waals surface area contributed by atoms with Crippen molar-refractivity contribution in [2.75, 3.05) is 26.7 Å². The second-order valence-electron chi connectivity index (χ2n) is 11.1. The van der Waals surface area contributed by atoms with Crippen LogP contribution in [-0.4, -0.2) is 56.2 Å². The molecule has 0 atom stereocenters. The number of methoxy groups -OCH3 is 1. The number of thiazole rings is 1. The van der Waals surface area contributed by atoms with Crippen LogP contribution in [0.5, 0.6) is 5.75 Å². The fourth-order valence-electron chi connectivity index (χ4n) is 5.21. The minimum atomic E-state index is 0.288. The molecule has 0 amide bonds. The highest BCUT2D eigenvalue weighted by Gasteiger charge is 2.27. The minimum absolute atomic E-state index is 0.288. The first kappa shape index (κ1) is 24.0. The van der Waals surface area contributed by atoms with Crippen LogP contribution in [0.3, 0.4) is 0 Å². The number of likely N-dealkylation sites (tertiary alicyclic amines) is 1. The number of nitrogens with one attached hydrogen (secondary N) is 1. The van der Waals surface area contributed by atoms with E-state index in [0.717, 1.165) is 53.0 Å². The van der Waals surface area contributed by atoms with Gasteiger partial charge in [0.25, 0.3) is 0 Å². The summed E-state index contributed by atoms with van der Waals surface area (Å²) in [6, 6.07) is 2.03. The van der Waals surface area contributed by atoms with Gasteiger partial charge in [0.15, 0.2) is 11.4 Å². The van der Waals surface area contributed by atoms with Crippen LogP contribution >= 0.6 is 11.3 Å². The zero-order valence-corrected chi connectivity index (χ0v) is 22.4. The molecule has 0 saturated carbocycles. The number of hydrogen-bond acceptors (Lipinski definition) is 6. The smallest absolute Gasteiger partial charge is 0.179 e. The molecule has 4 aromatic heterocycles. The maximum absolute atomic E-state index is 5.61. The first-order valence-electron chi connectivity index (χ1n) is 12.5. The molecule has 1 saturated heterocycles. The lowest BCUT2D eigenvalue weighted by molar-refractivity contribution is 0.155. The topological polar surface area (TPSA) is 71.3 Å². The molecule has 5 heterocycles. The number of fused-ring (bicyclic) bond motifs is 1. The Morgan fingerprint density at radius 2 is 1.97 bits per heavy atom. The summed E-state index contributed by atoms with van der Waals surface area (Å²) in [5, 5.41) is 9.08. The fourth-order valence-corrected chi connectivity index (χ4v) is 6.30. The summed E-state index contributed by atoms with van der Waals surface area (Å²) in [7, 11) is 1.68. The number of nitrogens with zero attached hydrogens (tertiary/aromatic N) is 5. The molecule has 5 rings (SSSR count). The average Bonchev–Trinajstić information content (AvgIpc) is 3.56. The Labute approximate surface area is 211 Å². The molecule has 4 aromatic rings. The zero-order valence-electron chi connectivity index (χ0n) is 21.6. The van der Waals surface area contributed by atoms with Crippen molar-refractivity contribution in [1.82, 2.24) is 29.5 Å². The predicted molar refractivity (Wildman–Crippen MR) is 142 cm³/mol. The van der Waals surface area contributed by atoms with E-state index in [0.29, 0.717) is 11.3 Å². The van der Waals surface area contributed by atoms with Crippen molar-refractivity contribution in [2.45, 2.75) is 59.3 Å². The van der Waals surface area contributed by atoms with Gasteiger partial charge in [0.2, 0.25) is 0 Å². The highest BCUT2D eigenvalue weighted by atomic mass is 32.1. The third-order valence-corrected chi connectivity index (χ3v) is 7.92. The van der Waals surface area contributed by atoms with Crippen LogP contribution in [0.25, 0.3) is 27.6 Å². The molecule has 1 N–H and O–H groups in total. The molecule has 0 aliphatic carbocycles. The lowest BCUT2D eigenvalue weighted by Crippen LogP contribution is -2.38. The molecule has 0 spiro atoms. The van der Waals surface area contributed by atoms with Crippen molar-refractivity contribution >= 4 is 17.0 Å². The van der Waals surface area contributed by atoms with E-state index in [1.807, 2.05) is 16.7 Å². The highest BCUT2D eigenvalue weighted by Crippen LogP contribution is 2.40. The molecule has 0 unspecified atom stereocenters. The molecule has 8 heteroatoms. The van der Waals surface area contributed by atoms with Gasteiger partial charge in [-0.25, -0.2) is 9.97 Å². The van der Waals surface area contributed by atoms with Gasteiger partial charge < -0.3 is 14.0 Å². The fraction of sp³-hybridized carbons (Fsp3) is 0.519. The molecule has 186 valence electrons. The summed E-state index contributed by atoms with van der Waals surface area (Å²) in [6.45, 7) is 14.9. The van der Waals surface area contributed by atoms with Gasteiger partial charge in [0.1, 0.15) is 10.7 Å². The van der Waals surface area contributed by atoms with Gasteiger partial charge >= 0.3 is 0 Å². The molecule has 1 aliphatic heterocycles. The standard InChI is InChI=1S/C27H36N6OS/c1-17(2)22-23(19-13-20(34-6)25-28-9-12-33(25)15-19)30-31-24(22)26-29-14-21(35-26)18-7-10-32(11-8-18)16-27(3,4)5/h9,12-15,17-18H,7-8,10-11,16H2,1-6H3,(H,30,31). The number of piperidine rings is 1. The van der Waals surface area contributed by atoms with E-state index in [4.69, 9.17) is 14.8 Å². The summed E-state index contributed by atoms with van der Waals surface area (Å²) >= 11 is 1.81. The molecule has 1 aliphatic rings. The minimum Gasteiger partial charge on any atom is -0.493 e. The Hall–Kier alpha value is -2.71.